The third-order valence-electron chi connectivity index (χ3n) is 4.33. The van der Waals surface area contributed by atoms with Crippen LogP contribution in [0.15, 0.2) is 42.6 Å². The zero-order valence-corrected chi connectivity index (χ0v) is 13.2. The molecule has 5 nitrogen and oxygen atoms in total. The number of carbonyl (C=O) groups is 1. The normalized spacial score (nSPS) is 16.4. The molecule has 2 heterocycles. The molecule has 0 atom stereocenters. The number of piperidine rings is 1. The van der Waals surface area contributed by atoms with Crippen LogP contribution in [-0.4, -0.2) is 46.6 Å². The van der Waals surface area contributed by atoms with Gasteiger partial charge in [-0.05, 0) is 49.1 Å². The predicted molar refractivity (Wildman–Crippen MR) is 90.6 cm³/mol. The Morgan fingerprint density at radius 3 is 2.61 bits per heavy atom. The Labute approximate surface area is 136 Å². The molecule has 1 aromatic heterocycles. The SMILES string of the molecule is O=C(Nc1ccc(CCN2CCC(O)CC2)cc1)c1ccc[nH]1. The van der Waals surface area contributed by atoms with Crippen LogP contribution in [0.4, 0.5) is 5.69 Å². The fraction of sp³-hybridized carbons (Fsp3) is 0.389. The quantitative estimate of drug-likeness (QED) is 0.793. The molecular weight excluding hydrogens is 290 g/mol. The van der Waals surface area contributed by atoms with Gasteiger partial charge in [0.15, 0.2) is 0 Å². The maximum atomic E-state index is 11.9. The zero-order valence-electron chi connectivity index (χ0n) is 13.2. The lowest BCUT2D eigenvalue weighted by molar-refractivity contribution is 0.0832. The number of nitrogens with zero attached hydrogens (tertiary/aromatic N) is 1. The average Bonchev–Trinajstić information content (AvgIpc) is 3.10. The Morgan fingerprint density at radius 1 is 1.22 bits per heavy atom. The molecule has 1 aliphatic rings. The highest BCUT2D eigenvalue weighted by Gasteiger charge is 2.16. The number of hydrogen-bond acceptors (Lipinski definition) is 3. The van der Waals surface area contributed by atoms with Crippen molar-refractivity contribution in [2.24, 2.45) is 0 Å². The van der Waals surface area contributed by atoms with Gasteiger partial charge in [-0.15, -0.1) is 0 Å². The van der Waals surface area contributed by atoms with Crippen LogP contribution in [0.5, 0.6) is 0 Å². The number of likely N-dealkylation sites (tertiary alicyclic amines) is 1. The lowest BCUT2D eigenvalue weighted by Gasteiger charge is -2.29. The number of amides is 1. The van der Waals surface area contributed by atoms with E-state index in [1.807, 2.05) is 12.1 Å². The monoisotopic (exact) mass is 313 g/mol. The van der Waals surface area contributed by atoms with E-state index in [9.17, 15) is 9.90 Å². The molecule has 1 amide bonds. The molecule has 0 spiro atoms. The molecule has 3 N–H and O–H groups in total. The summed E-state index contributed by atoms with van der Waals surface area (Å²) >= 11 is 0. The maximum absolute atomic E-state index is 11.9. The summed E-state index contributed by atoms with van der Waals surface area (Å²) in [6, 6.07) is 11.6. The molecule has 1 aromatic carbocycles. The summed E-state index contributed by atoms with van der Waals surface area (Å²) in [6.45, 7) is 2.97. The topological polar surface area (TPSA) is 68.4 Å². The fourth-order valence-electron chi connectivity index (χ4n) is 2.85. The van der Waals surface area contributed by atoms with Crippen LogP contribution in [-0.2, 0) is 6.42 Å². The molecule has 1 aliphatic heterocycles. The third kappa shape index (κ3) is 4.43. The van der Waals surface area contributed by atoms with Crippen LogP contribution in [0.25, 0.3) is 0 Å². The van der Waals surface area contributed by atoms with E-state index in [-0.39, 0.29) is 12.0 Å². The summed E-state index contributed by atoms with van der Waals surface area (Å²) in [5.41, 5.74) is 2.62. The summed E-state index contributed by atoms with van der Waals surface area (Å²) in [7, 11) is 0. The maximum Gasteiger partial charge on any atom is 0.272 e. The molecule has 0 bridgehead atoms. The van der Waals surface area contributed by atoms with E-state index < -0.39 is 0 Å². The number of aliphatic hydroxyl groups excluding tert-OH is 1. The van der Waals surface area contributed by atoms with Gasteiger partial charge >= 0.3 is 0 Å². The minimum absolute atomic E-state index is 0.117. The number of aromatic nitrogens is 1. The average molecular weight is 313 g/mol. The highest BCUT2D eigenvalue weighted by Crippen LogP contribution is 2.14. The molecule has 23 heavy (non-hydrogen) atoms. The summed E-state index contributed by atoms with van der Waals surface area (Å²) in [4.78, 5) is 17.2. The molecule has 0 saturated carbocycles. The standard InChI is InChI=1S/C18H23N3O2/c22-16-8-12-21(13-9-16)11-7-14-3-5-15(6-4-14)20-18(23)17-2-1-10-19-17/h1-6,10,16,19,22H,7-9,11-13H2,(H,20,23). The molecule has 1 fully saturated rings. The van der Waals surface area contributed by atoms with Crippen molar-refractivity contribution in [2.45, 2.75) is 25.4 Å². The van der Waals surface area contributed by atoms with Crippen molar-refractivity contribution >= 4 is 11.6 Å². The summed E-state index contributed by atoms with van der Waals surface area (Å²) in [5.74, 6) is -0.130. The second-order valence-electron chi connectivity index (χ2n) is 6.06. The van der Waals surface area contributed by atoms with E-state index in [1.165, 1.54) is 5.56 Å². The van der Waals surface area contributed by atoms with E-state index >= 15 is 0 Å². The summed E-state index contributed by atoms with van der Waals surface area (Å²) < 4.78 is 0. The van der Waals surface area contributed by atoms with Gasteiger partial charge in [0.05, 0.1) is 6.10 Å². The molecular formula is C18H23N3O2. The largest absolute Gasteiger partial charge is 0.393 e. The first-order chi connectivity index (χ1) is 11.2. The van der Waals surface area contributed by atoms with Crippen LogP contribution in [0.1, 0.15) is 28.9 Å². The molecule has 0 aliphatic carbocycles. The number of benzene rings is 1. The van der Waals surface area contributed by atoms with Crippen molar-refractivity contribution in [3.8, 4) is 0 Å². The lowest BCUT2D eigenvalue weighted by Crippen LogP contribution is -2.37. The number of rotatable bonds is 5. The first-order valence-electron chi connectivity index (χ1n) is 8.15. The highest BCUT2D eigenvalue weighted by molar-refractivity contribution is 6.02. The van der Waals surface area contributed by atoms with Crippen molar-refractivity contribution < 1.29 is 9.90 Å². The van der Waals surface area contributed by atoms with Gasteiger partial charge in [0.25, 0.3) is 5.91 Å². The van der Waals surface area contributed by atoms with E-state index in [1.54, 1.807) is 18.3 Å². The molecule has 2 aromatic rings. The minimum atomic E-state index is -0.130. The zero-order chi connectivity index (χ0) is 16.1. The smallest absolute Gasteiger partial charge is 0.272 e. The number of hydrogen-bond donors (Lipinski definition) is 3. The Kier molecular flexibility index (Phi) is 5.10. The molecule has 0 radical (unpaired) electrons. The van der Waals surface area contributed by atoms with Gasteiger partial charge < -0.3 is 20.3 Å². The number of carbonyl (C=O) groups excluding carboxylic acids is 1. The first kappa shape index (κ1) is 15.8. The van der Waals surface area contributed by atoms with Gasteiger partial charge in [0.2, 0.25) is 0 Å². The molecule has 122 valence electrons. The Balaban J connectivity index is 1.48. The minimum Gasteiger partial charge on any atom is -0.393 e. The van der Waals surface area contributed by atoms with Crippen LogP contribution in [0.3, 0.4) is 0 Å². The summed E-state index contributed by atoms with van der Waals surface area (Å²) in [6.07, 6.45) is 4.36. The molecule has 0 unspecified atom stereocenters. The van der Waals surface area contributed by atoms with Gasteiger partial charge in [-0.3, -0.25) is 4.79 Å². The molecule has 5 heteroatoms. The van der Waals surface area contributed by atoms with Crippen molar-refractivity contribution in [1.82, 2.24) is 9.88 Å². The Morgan fingerprint density at radius 2 is 1.96 bits per heavy atom. The number of anilines is 1. The first-order valence-corrected chi connectivity index (χ1v) is 8.15. The van der Waals surface area contributed by atoms with Crippen LogP contribution < -0.4 is 5.32 Å². The lowest BCUT2D eigenvalue weighted by atomic mass is 10.1. The third-order valence-corrected chi connectivity index (χ3v) is 4.33. The number of nitrogens with one attached hydrogen (secondary N) is 2. The van der Waals surface area contributed by atoms with E-state index in [0.717, 1.165) is 44.6 Å². The Hall–Kier alpha value is -2.11. The van der Waals surface area contributed by atoms with Gasteiger partial charge in [-0.1, -0.05) is 12.1 Å². The highest BCUT2D eigenvalue weighted by atomic mass is 16.3. The number of aliphatic hydroxyl groups is 1. The van der Waals surface area contributed by atoms with Crippen molar-refractivity contribution in [1.29, 1.82) is 0 Å². The Bertz CT molecular complexity index is 614. The van der Waals surface area contributed by atoms with Crippen molar-refractivity contribution in [3.05, 3.63) is 53.9 Å². The van der Waals surface area contributed by atoms with Gasteiger partial charge in [0.1, 0.15) is 5.69 Å². The number of H-pyrrole nitrogens is 1. The van der Waals surface area contributed by atoms with Crippen molar-refractivity contribution in [3.63, 3.8) is 0 Å². The van der Waals surface area contributed by atoms with Crippen LogP contribution >= 0.6 is 0 Å². The second kappa shape index (κ2) is 7.44. The van der Waals surface area contributed by atoms with E-state index in [2.05, 4.69) is 27.3 Å². The van der Waals surface area contributed by atoms with Gasteiger partial charge in [-0.2, -0.15) is 0 Å². The van der Waals surface area contributed by atoms with Crippen molar-refractivity contribution in [2.75, 3.05) is 25.0 Å². The second-order valence-corrected chi connectivity index (χ2v) is 6.06. The fourth-order valence-corrected chi connectivity index (χ4v) is 2.85. The molecule has 3 rings (SSSR count). The summed E-state index contributed by atoms with van der Waals surface area (Å²) in [5, 5.41) is 12.4. The van der Waals surface area contributed by atoms with E-state index in [4.69, 9.17) is 0 Å². The molecule has 1 saturated heterocycles. The van der Waals surface area contributed by atoms with Crippen LogP contribution in [0.2, 0.25) is 0 Å². The predicted octanol–water partition coefficient (Wildman–Crippen LogP) is 2.27. The van der Waals surface area contributed by atoms with Crippen LogP contribution in [0, 0.1) is 0 Å². The number of aromatic amines is 1. The van der Waals surface area contributed by atoms with Gasteiger partial charge in [0, 0.05) is 31.5 Å². The van der Waals surface area contributed by atoms with E-state index in [0.29, 0.717) is 5.69 Å². The van der Waals surface area contributed by atoms with Gasteiger partial charge in [-0.25, -0.2) is 0 Å².